The summed E-state index contributed by atoms with van der Waals surface area (Å²) in [6.45, 7) is 12.2. The topological polar surface area (TPSA) is 114 Å². The molecule has 2 fully saturated rings. The molecule has 0 saturated carbocycles. The fourth-order valence-electron chi connectivity index (χ4n) is 9.12. The number of halogens is 5. The zero-order chi connectivity index (χ0) is 42.4. The molecule has 16 heteroatoms. The summed E-state index contributed by atoms with van der Waals surface area (Å²) in [6, 6.07) is 5.52. The number of carbonyl (C=O) groups excluding carboxylic acids is 1. The molecule has 0 aliphatic carbocycles. The Morgan fingerprint density at radius 1 is 0.966 bits per heavy atom. The van der Waals surface area contributed by atoms with E-state index >= 15 is 8.78 Å². The minimum Gasteiger partial charge on any atom is -0.468 e. The van der Waals surface area contributed by atoms with Crippen LogP contribution in [0.1, 0.15) is 77.2 Å². The monoisotopic (exact) mass is 826 g/mol. The van der Waals surface area contributed by atoms with E-state index in [0.717, 1.165) is 0 Å². The van der Waals surface area contributed by atoms with Gasteiger partial charge in [-0.2, -0.15) is 23.1 Å². The molecule has 2 bridgehead atoms. The first-order valence-corrected chi connectivity index (χ1v) is 21.4. The van der Waals surface area contributed by atoms with Gasteiger partial charge < -0.3 is 24.2 Å². The number of hydrogen-bond acceptors (Lipinski definition) is 8. The summed E-state index contributed by atoms with van der Waals surface area (Å²) in [5, 5.41) is 10.5. The lowest BCUT2D eigenvalue weighted by Crippen LogP contribution is -2.55. The lowest BCUT2D eigenvalue weighted by Gasteiger charge is -2.40. The van der Waals surface area contributed by atoms with E-state index in [2.05, 4.69) is 63.0 Å². The van der Waals surface area contributed by atoms with Gasteiger partial charge in [-0.3, -0.25) is 9.69 Å². The van der Waals surface area contributed by atoms with Crippen molar-refractivity contribution >= 4 is 47.4 Å². The Balaban J connectivity index is 1.68. The van der Waals surface area contributed by atoms with E-state index in [1.165, 1.54) is 43.2 Å². The molecule has 2 aliphatic heterocycles. The highest BCUT2D eigenvalue weighted by atomic mass is 28.3. The number of rotatable bonds is 11. The van der Waals surface area contributed by atoms with Gasteiger partial charge >= 0.3 is 18.3 Å². The first kappa shape index (κ1) is 42.6. The third-order valence-electron chi connectivity index (χ3n) is 11.6. The van der Waals surface area contributed by atoms with Crippen LogP contribution in [0.25, 0.3) is 32.8 Å². The Labute approximate surface area is 334 Å². The molecule has 2 aliphatic rings. The predicted molar refractivity (Wildman–Crippen MR) is 213 cm³/mol. The molecule has 1 aromatic heterocycles. The highest BCUT2D eigenvalue weighted by Crippen LogP contribution is 2.45. The van der Waals surface area contributed by atoms with Crippen LogP contribution < -0.4 is 14.4 Å². The molecule has 2 atom stereocenters. The first-order chi connectivity index (χ1) is 27.3. The maximum Gasteiger partial charge on any atom is 0.422 e. The number of hydrogen-bond donors (Lipinski definition) is 1. The second-order valence-corrected chi connectivity index (χ2v) is 21.5. The quantitative estimate of drug-likeness (QED) is 0.0519. The highest BCUT2D eigenvalue weighted by Gasteiger charge is 2.44. The van der Waals surface area contributed by atoms with Crippen molar-refractivity contribution in [2.24, 2.45) is 0 Å². The standard InChI is InChI=1S/C42H47F5N4O6Si/c1-22(2)58(23(3)4,24(5)6)14-13-30-34(43)12-9-26-15-29(57-21-55-8)16-32(35(26)30)36-31(25(7)52)17-33-38(37(36)44)48-40(56-20-42(45,46)47)49-39(33)50-18-27-10-11-28(19-50)51(27)41(53)54/h9,12,15-17,22-24,27-28H,10-11,18-21H2,1-8H3,(H,53,54)/t27-,28+. The molecule has 310 valence electrons. The second kappa shape index (κ2) is 16.3. The number of ketones is 1. The Hall–Kier alpha value is -5.01. The molecule has 1 amide bonds. The average molecular weight is 827 g/mol. The normalized spacial score (nSPS) is 17.1. The number of carboxylic acid groups (broad SMARTS) is 1. The number of benzene rings is 3. The van der Waals surface area contributed by atoms with Gasteiger partial charge in [0.25, 0.3) is 0 Å². The summed E-state index contributed by atoms with van der Waals surface area (Å²) in [5.41, 5.74) is 3.30. The number of carbonyl (C=O) groups is 2. The summed E-state index contributed by atoms with van der Waals surface area (Å²) in [5.74, 6) is 1.03. The van der Waals surface area contributed by atoms with Gasteiger partial charge in [0, 0.05) is 42.1 Å². The van der Waals surface area contributed by atoms with Gasteiger partial charge in [-0.25, -0.2) is 13.6 Å². The number of fused-ring (bicyclic) bond motifs is 4. The Morgan fingerprint density at radius 2 is 1.60 bits per heavy atom. The van der Waals surface area contributed by atoms with Crippen LogP contribution in [0.2, 0.25) is 16.6 Å². The minimum absolute atomic E-state index is 0.00198. The predicted octanol–water partition coefficient (Wildman–Crippen LogP) is 9.76. The number of methoxy groups -OCH3 is 1. The van der Waals surface area contributed by atoms with Gasteiger partial charge in [0.1, 0.15) is 31.0 Å². The maximum absolute atomic E-state index is 17.7. The van der Waals surface area contributed by atoms with Crippen molar-refractivity contribution in [3.8, 4) is 34.4 Å². The zero-order valence-corrected chi connectivity index (χ0v) is 34.7. The van der Waals surface area contributed by atoms with E-state index in [-0.39, 0.29) is 81.1 Å². The van der Waals surface area contributed by atoms with Gasteiger partial charge in [-0.15, -0.1) is 5.54 Å². The molecule has 1 N–H and O–H groups in total. The van der Waals surface area contributed by atoms with Gasteiger partial charge in [0.05, 0.1) is 17.6 Å². The molecular formula is C42H47F5N4O6Si. The average Bonchev–Trinajstić information content (AvgIpc) is 3.42. The van der Waals surface area contributed by atoms with E-state index in [1.54, 1.807) is 11.0 Å². The summed E-state index contributed by atoms with van der Waals surface area (Å²) in [7, 11) is -1.02. The fourth-order valence-corrected chi connectivity index (χ4v) is 14.3. The maximum atomic E-state index is 17.7. The SMILES string of the molecule is COCOc1cc(-c2c(C(C)=O)cc3c(N4C[C@H]5CC[C@@H](C4)N5C(=O)O)nc(OCC(F)(F)F)nc3c2F)c2c(C#C[Si](C(C)C)(C(C)C)C(C)C)c(F)ccc2c1. The summed E-state index contributed by atoms with van der Waals surface area (Å²) in [4.78, 5) is 37.2. The summed E-state index contributed by atoms with van der Waals surface area (Å²) < 4.78 is 90.2. The number of amides is 1. The van der Waals surface area contributed by atoms with Gasteiger partial charge in [0.2, 0.25) is 0 Å². The molecular weight excluding hydrogens is 780 g/mol. The first-order valence-electron chi connectivity index (χ1n) is 19.2. The van der Waals surface area contributed by atoms with Crippen molar-refractivity contribution in [2.75, 3.05) is 38.5 Å². The second-order valence-electron chi connectivity index (χ2n) is 16.0. The van der Waals surface area contributed by atoms with Crippen molar-refractivity contribution in [2.45, 2.75) is 96.2 Å². The third-order valence-corrected chi connectivity index (χ3v) is 17.9. The Bertz CT molecular complexity index is 2290. The van der Waals surface area contributed by atoms with Crippen LogP contribution in [-0.4, -0.2) is 91.8 Å². The molecule has 6 rings (SSSR count). The Kier molecular flexibility index (Phi) is 12.0. The van der Waals surface area contributed by atoms with Crippen molar-refractivity contribution in [1.29, 1.82) is 0 Å². The van der Waals surface area contributed by atoms with Crippen LogP contribution in [-0.2, 0) is 4.74 Å². The van der Waals surface area contributed by atoms with Gasteiger partial charge in [-0.1, -0.05) is 53.5 Å². The van der Waals surface area contributed by atoms with Crippen LogP contribution in [0, 0.1) is 23.1 Å². The number of piperazine rings is 1. The number of alkyl halides is 3. The minimum atomic E-state index is -4.78. The molecule has 3 heterocycles. The molecule has 0 radical (unpaired) electrons. The molecule has 58 heavy (non-hydrogen) atoms. The van der Waals surface area contributed by atoms with Crippen LogP contribution in [0.3, 0.4) is 0 Å². The van der Waals surface area contributed by atoms with Gasteiger partial charge in [0.15, 0.2) is 25.0 Å². The van der Waals surface area contributed by atoms with Crippen molar-refractivity contribution < 1.29 is 50.9 Å². The number of anilines is 1. The van der Waals surface area contributed by atoms with E-state index in [9.17, 15) is 27.9 Å². The van der Waals surface area contributed by atoms with Crippen LogP contribution in [0.15, 0.2) is 30.3 Å². The van der Waals surface area contributed by atoms with E-state index in [0.29, 0.717) is 18.2 Å². The smallest absolute Gasteiger partial charge is 0.422 e. The zero-order valence-electron chi connectivity index (χ0n) is 33.7. The molecule has 0 unspecified atom stereocenters. The van der Waals surface area contributed by atoms with E-state index in [1.807, 2.05) is 0 Å². The summed E-state index contributed by atoms with van der Waals surface area (Å²) in [6.07, 6.45) is -4.80. The molecule has 3 aromatic carbocycles. The van der Waals surface area contributed by atoms with Gasteiger partial charge in [-0.05, 0) is 71.6 Å². The molecule has 4 aromatic rings. The summed E-state index contributed by atoms with van der Waals surface area (Å²) >= 11 is 0. The van der Waals surface area contributed by atoms with Crippen LogP contribution in [0.5, 0.6) is 11.8 Å². The van der Waals surface area contributed by atoms with Crippen molar-refractivity contribution in [3.63, 3.8) is 0 Å². The molecule has 10 nitrogen and oxygen atoms in total. The lowest BCUT2D eigenvalue weighted by atomic mass is 9.89. The number of nitrogens with zero attached hydrogens (tertiary/aromatic N) is 4. The number of Topliss-reactive ketones (excluding diaryl/α,β-unsaturated/α-hetero) is 1. The third kappa shape index (κ3) is 7.90. The Morgan fingerprint density at radius 3 is 2.16 bits per heavy atom. The van der Waals surface area contributed by atoms with Crippen LogP contribution >= 0.6 is 0 Å². The van der Waals surface area contributed by atoms with Crippen molar-refractivity contribution in [1.82, 2.24) is 14.9 Å². The lowest BCUT2D eigenvalue weighted by molar-refractivity contribution is -0.154. The van der Waals surface area contributed by atoms with Crippen molar-refractivity contribution in [3.05, 3.63) is 53.1 Å². The molecule has 0 spiro atoms. The highest BCUT2D eigenvalue weighted by molar-refractivity contribution is 6.90. The van der Waals surface area contributed by atoms with E-state index < -0.39 is 68.0 Å². The van der Waals surface area contributed by atoms with E-state index in [4.69, 9.17) is 14.2 Å². The number of ether oxygens (including phenoxy) is 3. The van der Waals surface area contributed by atoms with Crippen LogP contribution in [0.4, 0.5) is 32.6 Å². The fraction of sp³-hybridized carbons (Fsp3) is 0.476. The number of aromatic nitrogens is 2. The largest absolute Gasteiger partial charge is 0.468 e. The molecule has 2 saturated heterocycles.